The van der Waals surface area contributed by atoms with E-state index in [1.165, 1.54) is 6.07 Å². The van der Waals surface area contributed by atoms with Crippen molar-refractivity contribution < 1.29 is 18.7 Å². The Bertz CT molecular complexity index is 675. The van der Waals surface area contributed by atoms with Crippen molar-refractivity contribution in [2.45, 2.75) is 18.6 Å². The molecule has 1 N–H and O–H groups in total. The smallest absolute Gasteiger partial charge is 0.229 e. The molecule has 0 unspecified atom stereocenters. The molecule has 21 heavy (non-hydrogen) atoms. The molecule has 1 heterocycles. The lowest BCUT2D eigenvalue weighted by Gasteiger charge is -2.23. The van der Waals surface area contributed by atoms with E-state index >= 15 is 0 Å². The molecular weight excluding hydrogens is 276 g/mol. The quantitative estimate of drug-likeness (QED) is 0.923. The number of benzene rings is 2. The van der Waals surface area contributed by atoms with Crippen LogP contribution in [-0.4, -0.2) is 17.2 Å². The zero-order valence-corrected chi connectivity index (χ0v) is 11.0. The summed E-state index contributed by atoms with van der Waals surface area (Å²) in [7, 11) is 0. The predicted octanol–water partition coefficient (Wildman–Crippen LogP) is 2.80. The number of nitrogens with zero attached hydrogens (tertiary/aromatic N) is 1. The second-order valence-corrected chi connectivity index (χ2v) is 5.00. The molecule has 1 aliphatic rings. The lowest BCUT2D eigenvalue weighted by molar-refractivity contribution is -0.117. The second kappa shape index (κ2) is 5.26. The van der Waals surface area contributed by atoms with E-state index in [-0.39, 0.29) is 23.9 Å². The fourth-order valence-corrected chi connectivity index (χ4v) is 2.64. The van der Waals surface area contributed by atoms with E-state index in [1.807, 2.05) is 30.3 Å². The summed E-state index contributed by atoms with van der Waals surface area (Å²) in [5.74, 6) is -2.73. The Morgan fingerprint density at radius 2 is 1.76 bits per heavy atom. The first kappa shape index (κ1) is 13.7. The van der Waals surface area contributed by atoms with Gasteiger partial charge in [-0.2, -0.15) is 0 Å². The van der Waals surface area contributed by atoms with Gasteiger partial charge in [-0.3, -0.25) is 9.69 Å². The zero-order valence-electron chi connectivity index (χ0n) is 11.0. The van der Waals surface area contributed by atoms with E-state index in [1.54, 1.807) is 0 Å². The van der Waals surface area contributed by atoms with Gasteiger partial charge >= 0.3 is 0 Å². The van der Waals surface area contributed by atoms with Crippen LogP contribution in [0.4, 0.5) is 14.5 Å². The first-order valence-corrected chi connectivity index (χ1v) is 6.58. The highest BCUT2D eigenvalue weighted by atomic mass is 19.2. The summed E-state index contributed by atoms with van der Waals surface area (Å²) < 4.78 is 26.3. The third kappa shape index (κ3) is 2.40. The number of carbonyl (C=O) groups excluding carboxylic acids is 1. The van der Waals surface area contributed by atoms with E-state index in [0.717, 1.165) is 22.6 Å². The van der Waals surface area contributed by atoms with Gasteiger partial charge < -0.3 is 5.11 Å². The summed E-state index contributed by atoms with van der Waals surface area (Å²) in [5.41, 5.74) is 0.994. The average Bonchev–Trinajstić information content (AvgIpc) is 2.78. The molecule has 1 fully saturated rings. The molecule has 0 radical (unpaired) electrons. The molecule has 0 aliphatic carbocycles. The van der Waals surface area contributed by atoms with Crippen molar-refractivity contribution in [1.29, 1.82) is 0 Å². The molecule has 0 saturated carbocycles. The highest BCUT2D eigenvalue weighted by Crippen LogP contribution is 2.36. The van der Waals surface area contributed by atoms with Crippen LogP contribution < -0.4 is 4.90 Å². The van der Waals surface area contributed by atoms with E-state index in [2.05, 4.69) is 0 Å². The predicted molar refractivity (Wildman–Crippen MR) is 73.7 cm³/mol. The van der Waals surface area contributed by atoms with Gasteiger partial charge in [0.2, 0.25) is 5.91 Å². The van der Waals surface area contributed by atoms with E-state index in [4.69, 9.17) is 0 Å². The van der Waals surface area contributed by atoms with Crippen LogP contribution in [0.25, 0.3) is 0 Å². The van der Waals surface area contributed by atoms with E-state index in [0.29, 0.717) is 0 Å². The van der Waals surface area contributed by atoms with Crippen LogP contribution in [0.1, 0.15) is 17.9 Å². The molecule has 1 amide bonds. The Balaban J connectivity index is 1.93. The highest BCUT2D eigenvalue weighted by molar-refractivity contribution is 5.97. The summed E-state index contributed by atoms with van der Waals surface area (Å²) in [5, 5.41) is 10.4. The minimum absolute atomic E-state index is 0.129. The summed E-state index contributed by atoms with van der Waals surface area (Å²) in [6.07, 6.45) is -0.964. The molecule has 5 heteroatoms. The molecule has 2 aromatic rings. The topological polar surface area (TPSA) is 40.5 Å². The normalized spacial score (nSPS) is 21.9. The average molecular weight is 289 g/mol. The fraction of sp³-hybridized carbons (Fsp3) is 0.188. The number of hydrogen-bond donors (Lipinski definition) is 1. The Morgan fingerprint density at radius 3 is 2.43 bits per heavy atom. The molecule has 3 rings (SSSR count). The van der Waals surface area contributed by atoms with Crippen LogP contribution in [-0.2, 0) is 4.79 Å². The third-order valence-corrected chi connectivity index (χ3v) is 3.70. The highest BCUT2D eigenvalue weighted by Gasteiger charge is 2.40. The molecule has 2 atom stereocenters. The van der Waals surface area contributed by atoms with Crippen LogP contribution >= 0.6 is 0 Å². The summed E-state index contributed by atoms with van der Waals surface area (Å²) in [6.45, 7) is 0. The first-order chi connectivity index (χ1) is 10.1. The maximum atomic E-state index is 13.3. The van der Waals surface area contributed by atoms with Crippen molar-refractivity contribution in [3.63, 3.8) is 0 Å². The van der Waals surface area contributed by atoms with Crippen molar-refractivity contribution in [3.05, 3.63) is 65.7 Å². The van der Waals surface area contributed by atoms with Gasteiger partial charge in [-0.25, -0.2) is 8.78 Å². The number of aliphatic hydroxyl groups excluding tert-OH is 1. The van der Waals surface area contributed by atoms with Gasteiger partial charge in [0, 0.05) is 24.1 Å². The lowest BCUT2D eigenvalue weighted by atomic mass is 9.97. The maximum absolute atomic E-state index is 13.3. The zero-order chi connectivity index (χ0) is 15.0. The van der Waals surface area contributed by atoms with Crippen LogP contribution in [0, 0.1) is 11.6 Å². The Hall–Kier alpha value is -2.27. The number of amides is 1. The molecule has 0 spiro atoms. The lowest BCUT2D eigenvalue weighted by Crippen LogP contribution is -2.34. The van der Waals surface area contributed by atoms with Crippen molar-refractivity contribution in [2.75, 3.05) is 4.90 Å². The van der Waals surface area contributed by atoms with E-state index < -0.39 is 17.9 Å². The molecule has 108 valence electrons. The van der Waals surface area contributed by atoms with Crippen molar-refractivity contribution in [1.82, 2.24) is 0 Å². The monoisotopic (exact) mass is 289 g/mol. The van der Waals surface area contributed by atoms with Crippen LogP contribution in [0.2, 0.25) is 0 Å². The van der Waals surface area contributed by atoms with Crippen LogP contribution in [0.15, 0.2) is 48.5 Å². The molecule has 0 bridgehead atoms. The van der Waals surface area contributed by atoms with Gasteiger partial charge in [-0.15, -0.1) is 0 Å². The van der Waals surface area contributed by atoms with Crippen LogP contribution in [0.5, 0.6) is 0 Å². The number of anilines is 1. The van der Waals surface area contributed by atoms with Gasteiger partial charge in [0.05, 0.1) is 0 Å². The standard InChI is InChI=1S/C16H13F2NO2/c17-13-7-6-11(8-14(13)18)19-15(20)9-12(16(19)21)10-4-2-1-3-5-10/h1-8,12,16,21H,9H2/t12-,16-/m1/s1. The number of halogens is 2. The van der Waals surface area contributed by atoms with Gasteiger partial charge in [0.15, 0.2) is 11.6 Å². The first-order valence-electron chi connectivity index (χ1n) is 6.58. The van der Waals surface area contributed by atoms with Crippen LogP contribution in [0.3, 0.4) is 0 Å². The maximum Gasteiger partial charge on any atom is 0.229 e. The molecule has 3 nitrogen and oxygen atoms in total. The van der Waals surface area contributed by atoms with Crippen molar-refractivity contribution >= 4 is 11.6 Å². The summed E-state index contributed by atoms with van der Waals surface area (Å²) in [6, 6.07) is 12.3. The van der Waals surface area contributed by atoms with Crippen molar-refractivity contribution in [2.24, 2.45) is 0 Å². The van der Waals surface area contributed by atoms with Gasteiger partial charge in [0.25, 0.3) is 0 Å². The SMILES string of the molecule is O=C1C[C@H](c2ccccc2)[C@@H](O)N1c1ccc(F)c(F)c1. The van der Waals surface area contributed by atoms with E-state index in [9.17, 15) is 18.7 Å². The molecule has 1 aliphatic heterocycles. The number of rotatable bonds is 2. The largest absolute Gasteiger partial charge is 0.372 e. The number of carbonyl (C=O) groups is 1. The number of hydrogen-bond acceptors (Lipinski definition) is 2. The Morgan fingerprint density at radius 1 is 1.05 bits per heavy atom. The minimum Gasteiger partial charge on any atom is -0.372 e. The summed E-state index contributed by atoms with van der Waals surface area (Å²) >= 11 is 0. The van der Waals surface area contributed by atoms with Gasteiger partial charge in [0.1, 0.15) is 6.23 Å². The minimum atomic E-state index is -1.09. The summed E-state index contributed by atoms with van der Waals surface area (Å²) in [4.78, 5) is 13.2. The number of aliphatic hydroxyl groups is 1. The Kier molecular flexibility index (Phi) is 3.43. The molecular formula is C16H13F2NO2. The Labute approximate surface area is 120 Å². The van der Waals surface area contributed by atoms with Crippen molar-refractivity contribution in [3.8, 4) is 0 Å². The molecule has 1 saturated heterocycles. The molecule has 0 aromatic heterocycles. The van der Waals surface area contributed by atoms with Gasteiger partial charge in [-0.05, 0) is 17.7 Å². The second-order valence-electron chi connectivity index (χ2n) is 5.00. The molecule has 2 aromatic carbocycles. The fourth-order valence-electron chi connectivity index (χ4n) is 2.64. The van der Waals surface area contributed by atoms with Gasteiger partial charge in [-0.1, -0.05) is 30.3 Å². The third-order valence-electron chi connectivity index (χ3n) is 3.70.